The summed E-state index contributed by atoms with van der Waals surface area (Å²) < 4.78 is 5.63. The van der Waals surface area contributed by atoms with E-state index in [9.17, 15) is 9.90 Å². The average molecular weight is 419 g/mol. The van der Waals surface area contributed by atoms with E-state index in [0.29, 0.717) is 31.4 Å². The van der Waals surface area contributed by atoms with Crippen molar-refractivity contribution < 1.29 is 14.6 Å². The Morgan fingerprint density at radius 3 is 2.43 bits per heavy atom. The number of aliphatic hydroxyl groups is 1. The fourth-order valence-corrected chi connectivity index (χ4v) is 3.60. The lowest BCUT2D eigenvalue weighted by Crippen LogP contribution is -2.41. The zero-order valence-electron chi connectivity index (χ0n) is 18.6. The van der Waals surface area contributed by atoms with Gasteiger partial charge in [0, 0.05) is 26.1 Å². The maximum atomic E-state index is 12.0. The molecule has 0 aromatic heterocycles. The molecule has 1 unspecified atom stereocenters. The molecule has 1 saturated carbocycles. The van der Waals surface area contributed by atoms with Crippen molar-refractivity contribution in [2.24, 2.45) is 10.9 Å². The van der Waals surface area contributed by atoms with Gasteiger partial charge in [0.25, 0.3) is 0 Å². The number of hydrogen-bond acceptors (Lipinski definition) is 4. The van der Waals surface area contributed by atoms with E-state index in [1.54, 1.807) is 0 Å². The number of benzene rings is 1. The second-order valence-corrected chi connectivity index (χ2v) is 8.10. The molecule has 2 rings (SSSR count). The Labute approximate surface area is 180 Å². The summed E-state index contributed by atoms with van der Waals surface area (Å²) in [7, 11) is 0. The predicted molar refractivity (Wildman–Crippen MR) is 121 cm³/mol. The third-order valence-corrected chi connectivity index (χ3v) is 5.09. The predicted octanol–water partition coefficient (Wildman–Crippen LogP) is 2.76. The van der Waals surface area contributed by atoms with E-state index in [1.807, 2.05) is 45.0 Å². The number of guanidine groups is 1. The number of hydrogen-bond donors (Lipinski definition) is 4. The monoisotopic (exact) mass is 418 g/mol. The van der Waals surface area contributed by atoms with E-state index < -0.39 is 6.10 Å². The molecule has 0 saturated heterocycles. The maximum absolute atomic E-state index is 12.0. The lowest BCUT2D eigenvalue weighted by Gasteiger charge is -2.15. The number of rotatable bonds is 11. The zero-order chi connectivity index (χ0) is 21.8. The van der Waals surface area contributed by atoms with Crippen LogP contribution in [0.1, 0.15) is 64.5 Å². The molecule has 0 heterocycles. The number of carbonyl (C=O) groups excluding carboxylic acids is 1. The Hall–Kier alpha value is -2.28. The Kier molecular flexibility index (Phi) is 10.5. The van der Waals surface area contributed by atoms with E-state index in [0.717, 1.165) is 17.9 Å². The van der Waals surface area contributed by atoms with Gasteiger partial charge in [-0.25, -0.2) is 0 Å². The average Bonchev–Trinajstić information content (AvgIpc) is 3.22. The quantitative estimate of drug-likeness (QED) is 0.252. The van der Waals surface area contributed by atoms with Crippen molar-refractivity contribution >= 4 is 11.9 Å². The van der Waals surface area contributed by atoms with Gasteiger partial charge in [0.1, 0.15) is 5.75 Å². The van der Waals surface area contributed by atoms with Crippen LogP contribution in [0.2, 0.25) is 0 Å². The topological polar surface area (TPSA) is 95.0 Å². The molecule has 0 radical (unpaired) electrons. The fraction of sp³-hybridized carbons (Fsp3) is 0.652. The van der Waals surface area contributed by atoms with E-state index in [1.165, 1.54) is 25.7 Å². The van der Waals surface area contributed by atoms with Crippen LogP contribution in [0, 0.1) is 5.92 Å². The van der Waals surface area contributed by atoms with Gasteiger partial charge >= 0.3 is 0 Å². The number of aliphatic imine (C=N–C) groups is 1. The standard InChI is InChI=1S/C23H38N4O3/c1-4-24-23(26-14-13-25-22(29)15-18-7-5-6-8-18)27-16-21(28)19-9-11-20(12-10-19)30-17(2)3/h9-12,17-18,21,28H,4-8,13-16H2,1-3H3,(H,25,29)(H2,24,26,27). The molecule has 1 atom stereocenters. The first kappa shape index (κ1) is 24.0. The molecule has 7 nitrogen and oxygen atoms in total. The number of ether oxygens (including phenoxy) is 1. The van der Waals surface area contributed by atoms with Crippen LogP contribution in [-0.4, -0.2) is 49.3 Å². The highest BCUT2D eigenvalue weighted by molar-refractivity contribution is 5.80. The van der Waals surface area contributed by atoms with Gasteiger partial charge in [0.15, 0.2) is 5.96 Å². The third-order valence-electron chi connectivity index (χ3n) is 5.09. The van der Waals surface area contributed by atoms with E-state index in [2.05, 4.69) is 20.9 Å². The van der Waals surface area contributed by atoms with Gasteiger partial charge in [-0.3, -0.25) is 9.79 Å². The highest BCUT2D eigenvalue weighted by atomic mass is 16.5. The molecule has 1 fully saturated rings. The Bertz CT molecular complexity index is 655. The second-order valence-electron chi connectivity index (χ2n) is 8.10. The van der Waals surface area contributed by atoms with Crippen LogP contribution in [0.4, 0.5) is 0 Å². The van der Waals surface area contributed by atoms with Crippen molar-refractivity contribution in [1.29, 1.82) is 0 Å². The van der Waals surface area contributed by atoms with E-state index in [-0.39, 0.29) is 18.6 Å². The number of amides is 1. The van der Waals surface area contributed by atoms with Crippen LogP contribution in [0.15, 0.2) is 29.3 Å². The molecule has 0 bridgehead atoms. The van der Waals surface area contributed by atoms with Gasteiger partial charge in [-0.05, 0) is 57.2 Å². The highest BCUT2D eigenvalue weighted by Crippen LogP contribution is 2.27. The Morgan fingerprint density at radius 2 is 1.80 bits per heavy atom. The fourth-order valence-electron chi connectivity index (χ4n) is 3.60. The molecule has 1 aromatic carbocycles. The third kappa shape index (κ3) is 9.03. The number of aliphatic hydroxyl groups excluding tert-OH is 1. The van der Waals surface area contributed by atoms with Crippen LogP contribution in [0.3, 0.4) is 0 Å². The van der Waals surface area contributed by atoms with Gasteiger partial charge < -0.3 is 25.8 Å². The summed E-state index contributed by atoms with van der Waals surface area (Å²) in [5.41, 5.74) is 0.796. The number of nitrogens with zero attached hydrogens (tertiary/aromatic N) is 1. The molecule has 1 aromatic rings. The highest BCUT2D eigenvalue weighted by Gasteiger charge is 2.18. The molecular formula is C23H38N4O3. The second kappa shape index (κ2) is 13.1. The molecule has 7 heteroatoms. The van der Waals surface area contributed by atoms with Crippen molar-refractivity contribution in [3.8, 4) is 5.75 Å². The minimum Gasteiger partial charge on any atom is -0.491 e. The van der Waals surface area contributed by atoms with Gasteiger partial charge in [-0.1, -0.05) is 25.0 Å². The smallest absolute Gasteiger partial charge is 0.220 e. The van der Waals surface area contributed by atoms with Crippen molar-refractivity contribution in [2.45, 2.75) is 65.1 Å². The van der Waals surface area contributed by atoms with Gasteiger partial charge in [-0.15, -0.1) is 0 Å². The first-order valence-corrected chi connectivity index (χ1v) is 11.2. The Balaban J connectivity index is 1.73. The van der Waals surface area contributed by atoms with Gasteiger partial charge in [0.2, 0.25) is 5.91 Å². The van der Waals surface area contributed by atoms with Crippen LogP contribution in [0.5, 0.6) is 5.75 Å². The van der Waals surface area contributed by atoms with Gasteiger partial charge in [0.05, 0.1) is 18.8 Å². The maximum Gasteiger partial charge on any atom is 0.220 e. The summed E-state index contributed by atoms with van der Waals surface area (Å²) in [6.45, 7) is 8.05. The molecule has 168 valence electrons. The SMILES string of the molecule is CCNC(=NCC(O)c1ccc(OC(C)C)cc1)NCCNC(=O)CC1CCCC1. The molecule has 1 aliphatic carbocycles. The molecule has 0 spiro atoms. The van der Waals surface area contributed by atoms with E-state index in [4.69, 9.17) is 4.74 Å². The summed E-state index contributed by atoms with van der Waals surface area (Å²) in [6, 6.07) is 7.44. The van der Waals surface area contributed by atoms with Crippen molar-refractivity contribution in [3.63, 3.8) is 0 Å². The van der Waals surface area contributed by atoms with Crippen LogP contribution in [-0.2, 0) is 4.79 Å². The summed E-state index contributed by atoms with van der Waals surface area (Å²) >= 11 is 0. The first-order chi connectivity index (χ1) is 14.5. The number of nitrogens with one attached hydrogen (secondary N) is 3. The lowest BCUT2D eigenvalue weighted by atomic mass is 10.0. The van der Waals surface area contributed by atoms with Crippen molar-refractivity contribution in [1.82, 2.24) is 16.0 Å². The Morgan fingerprint density at radius 1 is 1.13 bits per heavy atom. The molecule has 1 aliphatic rings. The molecular weight excluding hydrogens is 380 g/mol. The van der Waals surface area contributed by atoms with Crippen LogP contribution in [0.25, 0.3) is 0 Å². The van der Waals surface area contributed by atoms with Gasteiger partial charge in [-0.2, -0.15) is 0 Å². The summed E-state index contributed by atoms with van der Waals surface area (Å²) in [5, 5.41) is 19.8. The van der Waals surface area contributed by atoms with Crippen molar-refractivity contribution in [2.75, 3.05) is 26.2 Å². The molecule has 30 heavy (non-hydrogen) atoms. The first-order valence-electron chi connectivity index (χ1n) is 11.2. The summed E-state index contributed by atoms with van der Waals surface area (Å²) in [5.74, 6) is 2.10. The van der Waals surface area contributed by atoms with E-state index >= 15 is 0 Å². The largest absolute Gasteiger partial charge is 0.491 e. The van der Waals surface area contributed by atoms with Crippen LogP contribution < -0.4 is 20.7 Å². The summed E-state index contributed by atoms with van der Waals surface area (Å²) in [4.78, 5) is 16.5. The minimum absolute atomic E-state index is 0.117. The number of carbonyl (C=O) groups is 1. The lowest BCUT2D eigenvalue weighted by molar-refractivity contribution is -0.121. The van der Waals surface area contributed by atoms with Crippen LogP contribution >= 0.6 is 0 Å². The minimum atomic E-state index is -0.695. The molecule has 4 N–H and O–H groups in total. The van der Waals surface area contributed by atoms with Crippen molar-refractivity contribution in [3.05, 3.63) is 29.8 Å². The molecule has 0 aliphatic heterocycles. The molecule has 1 amide bonds. The zero-order valence-corrected chi connectivity index (χ0v) is 18.6. The normalized spacial score (nSPS) is 15.8. The summed E-state index contributed by atoms with van der Waals surface area (Å²) in [6.07, 6.45) is 4.93.